The number of carbonyl (C=O) groups excluding carboxylic acids is 1. The normalized spacial score (nSPS) is 25.5. The van der Waals surface area contributed by atoms with Crippen LogP contribution in [0, 0.1) is 5.92 Å². The second-order valence-corrected chi connectivity index (χ2v) is 10.1. The molecule has 0 radical (unpaired) electrons. The summed E-state index contributed by atoms with van der Waals surface area (Å²) in [6, 6.07) is 6.56. The minimum absolute atomic E-state index is 0.0246. The van der Waals surface area contributed by atoms with Crippen molar-refractivity contribution in [2.45, 2.75) is 88.8 Å². The average Bonchev–Trinajstić information content (AvgIpc) is 3.59. The first-order chi connectivity index (χ1) is 15.7. The van der Waals surface area contributed by atoms with Crippen molar-refractivity contribution in [3.8, 4) is 0 Å². The van der Waals surface area contributed by atoms with Gasteiger partial charge in [0.1, 0.15) is 5.60 Å². The molecule has 3 aliphatic carbocycles. The van der Waals surface area contributed by atoms with E-state index in [2.05, 4.69) is 35.3 Å². The third-order valence-corrected chi connectivity index (χ3v) is 7.52. The lowest BCUT2D eigenvalue weighted by Gasteiger charge is -2.38. The standard InChI is InChI=1S/C28H35F2NO2/c1-27(33,28(2,29)30)23-14-10-22(11-15-23)26(32)31(25-18-19-25)24-16-12-21(13-17-24)20-8-6-4-3-5-7-9-20/h4,6-11,14-15,21,24-25,33H,3,5,12-13,16-19H2,1-2H3/t21?,24?,27-/m0/s1. The van der Waals surface area contributed by atoms with Gasteiger partial charge >= 0.3 is 0 Å². The number of halogens is 2. The van der Waals surface area contributed by atoms with E-state index in [4.69, 9.17) is 0 Å². The molecule has 2 fully saturated rings. The van der Waals surface area contributed by atoms with Crippen LogP contribution in [0.2, 0.25) is 0 Å². The fourth-order valence-corrected chi connectivity index (χ4v) is 5.02. The van der Waals surface area contributed by atoms with E-state index >= 15 is 0 Å². The van der Waals surface area contributed by atoms with Crippen molar-refractivity contribution in [3.05, 3.63) is 71.3 Å². The molecule has 5 heteroatoms. The van der Waals surface area contributed by atoms with Gasteiger partial charge in [0.15, 0.2) is 0 Å². The van der Waals surface area contributed by atoms with Gasteiger partial charge in [0.2, 0.25) is 0 Å². The molecule has 0 heterocycles. The lowest BCUT2D eigenvalue weighted by molar-refractivity contribution is -0.165. The number of alkyl halides is 2. The van der Waals surface area contributed by atoms with Gasteiger partial charge in [-0.25, -0.2) is 8.78 Å². The number of aliphatic hydroxyl groups is 1. The minimum Gasteiger partial charge on any atom is -0.379 e. The molecular formula is C28H35F2NO2. The maximum atomic E-state index is 13.8. The predicted octanol–water partition coefficient (Wildman–Crippen LogP) is 6.55. The SMILES string of the molecule is CC(F)(F)[C@@](C)(O)c1ccc(C(=O)N(C2CCC(C3=CC=CCCC=C3)CC2)C2CC2)cc1. The van der Waals surface area contributed by atoms with E-state index in [0.29, 0.717) is 18.4 Å². The lowest BCUT2D eigenvalue weighted by atomic mass is 9.80. The van der Waals surface area contributed by atoms with Gasteiger partial charge in [0, 0.05) is 24.6 Å². The Bertz CT molecular complexity index is 928. The molecule has 0 aromatic heterocycles. The Balaban J connectivity index is 1.45. The summed E-state index contributed by atoms with van der Waals surface area (Å²) >= 11 is 0. The van der Waals surface area contributed by atoms with Crippen molar-refractivity contribution in [1.82, 2.24) is 4.90 Å². The number of hydrogen-bond donors (Lipinski definition) is 1. The summed E-state index contributed by atoms with van der Waals surface area (Å²) in [5, 5.41) is 10.3. The Morgan fingerprint density at radius 3 is 2.09 bits per heavy atom. The molecule has 0 aliphatic heterocycles. The quantitative estimate of drug-likeness (QED) is 0.529. The van der Waals surface area contributed by atoms with Gasteiger partial charge in [-0.2, -0.15) is 0 Å². The topological polar surface area (TPSA) is 40.5 Å². The third-order valence-electron chi connectivity index (χ3n) is 7.52. The smallest absolute Gasteiger partial charge is 0.277 e. The van der Waals surface area contributed by atoms with E-state index in [1.165, 1.54) is 17.7 Å². The zero-order chi connectivity index (χ0) is 23.6. The van der Waals surface area contributed by atoms with Crippen molar-refractivity contribution in [2.24, 2.45) is 5.92 Å². The number of nitrogens with zero attached hydrogens (tertiary/aromatic N) is 1. The number of rotatable bonds is 6. The minimum atomic E-state index is -3.28. The highest BCUT2D eigenvalue weighted by Gasteiger charge is 2.46. The van der Waals surface area contributed by atoms with Crippen LogP contribution in [0.3, 0.4) is 0 Å². The van der Waals surface area contributed by atoms with E-state index < -0.39 is 11.5 Å². The summed E-state index contributed by atoms with van der Waals surface area (Å²) in [6.07, 6.45) is 19.5. The molecule has 4 rings (SSSR count). The second kappa shape index (κ2) is 9.54. The highest BCUT2D eigenvalue weighted by atomic mass is 19.3. The van der Waals surface area contributed by atoms with Crippen LogP contribution >= 0.6 is 0 Å². The maximum absolute atomic E-state index is 13.8. The van der Waals surface area contributed by atoms with Crippen LogP contribution in [0.1, 0.15) is 81.1 Å². The zero-order valence-corrected chi connectivity index (χ0v) is 19.6. The number of hydrogen-bond acceptors (Lipinski definition) is 2. The predicted molar refractivity (Wildman–Crippen MR) is 127 cm³/mol. The van der Waals surface area contributed by atoms with Gasteiger partial charge in [-0.1, -0.05) is 42.5 Å². The van der Waals surface area contributed by atoms with Gasteiger partial charge in [-0.3, -0.25) is 4.79 Å². The van der Waals surface area contributed by atoms with E-state index in [1.54, 1.807) is 12.1 Å². The Kier molecular flexibility index (Phi) is 6.90. The molecule has 1 aromatic rings. The van der Waals surface area contributed by atoms with Crippen molar-refractivity contribution in [3.63, 3.8) is 0 Å². The van der Waals surface area contributed by atoms with E-state index in [9.17, 15) is 18.7 Å². The van der Waals surface area contributed by atoms with Crippen LogP contribution in [0.5, 0.6) is 0 Å². The van der Waals surface area contributed by atoms with Crippen LogP contribution in [0.25, 0.3) is 0 Å². The summed E-state index contributed by atoms with van der Waals surface area (Å²) in [4.78, 5) is 15.5. The van der Waals surface area contributed by atoms with Crippen molar-refractivity contribution < 1.29 is 18.7 Å². The molecule has 1 amide bonds. The highest BCUT2D eigenvalue weighted by Crippen LogP contribution is 2.40. The number of carbonyl (C=O) groups is 1. The molecule has 0 unspecified atom stereocenters. The van der Waals surface area contributed by atoms with E-state index in [1.807, 2.05) is 0 Å². The fraction of sp³-hybridized carbons (Fsp3) is 0.536. The first-order valence-corrected chi connectivity index (χ1v) is 12.2. The molecule has 33 heavy (non-hydrogen) atoms. The molecular weight excluding hydrogens is 420 g/mol. The molecule has 0 saturated heterocycles. The highest BCUT2D eigenvalue weighted by molar-refractivity contribution is 5.95. The number of amides is 1. The summed E-state index contributed by atoms with van der Waals surface area (Å²) < 4.78 is 27.6. The largest absolute Gasteiger partial charge is 0.379 e. The van der Waals surface area contributed by atoms with Gasteiger partial charge in [0.05, 0.1) is 0 Å². The van der Waals surface area contributed by atoms with Gasteiger partial charge in [0.25, 0.3) is 11.8 Å². The third kappa shape index (κ3) is 5.29. The Hall–Kier alpha value is -2.27. The molecule has 2 saturated carbocycles. The van der Waals surface area contributed by atoms with Gasteiger partial charge in [-0.15, -0.1) is 0 Å². The summed E-state index contributed by atoms with van der Waals surface area (Å²) in [7, 11) is 0. The first-order valence-electron chi connectivity index (χ1n) is 12.2. The summed E-state index contributed by atoms with van der Waals surface area (Å²) in [6.45, 7) is 1.81. The average molecular weight is 456 g/mol. The monoisotopic (exact) mass is 455 g/mol. The summed E-state index contributed by atoms with van der Waals surface area (Å²) in [5.74, 6) is -2.77. The van der Waals surface area contributed by atoms with E-state index in [0.717, 1.165) is 58.3 Å². The number of allylic oxidation sites excluding steroid dienone is 6. The van der Waals surface area contributed by atoms with Crippen LogP contribution in [0.4, 0.5) is 8.78 Å². The Morgan fingerprint density at radius 2 is 1.52 bits per heavy atom. The van der Waals surface area contributed by atoms with E-state index in [-0.39, 0.29) is 23.6 Å². The molecule has 1 aromatic carbocycles. The van der Waals surface area contributed by atoms with Crippen LogP contribution < -0.4 is 0 Å². The maximum Gasteiger partial charge on any atom is 0.277 e. The number of benzene rings is 1. The van der Waals surface area contributed by atoms with Gasteiger partial charge < -0.3 is 10.0 Å². The first kappa shape index (κ1) is 23.9. The van der Waals surface area contributed by atoms with Gasteiger partial charge in [-0.05, 0) is 87.5 Å². The molecule has 178 valence electrons. The molecule has 1 atom stereocenters. The zero-order valence-electron chi connectivity index (χ0n) is 19.6. The molecule has 0 spiro atoms. The van der Waals surface area contributed by atoms with Crippen molar-refractivity contribution >= 4 is 5.91 Å². The van der Waals surface area contributed by atoms with Crippen molar-refractivity contribution in [1.29, 1.82) is 0 Å². The van der Waals surface area contributed by atoms with Crippen molar-refractivity contribution in [2.75, 3.05) is 0 Å². The Morgan fingerprint density at radius 1 is 0.939 bits per heavy atom. The second-order valence-electron chi connectivity index (χ2n) is 10.1. The van der Waals surface area contributed by atoms with Crippen LogP contribution in [0.15, 0.2) is 60.2 Å². The Labute approximate surface area is 195 Å². The molecule has 3 nitrogen and oxygen atoms in total. The molecule has 1 N–H and O–H groups in total. The molecule has 0 bridgehead atoms. The summed E-state index contributed by atoms with van der Waals surface area (Å²) in [5.41, 5.74) is -0.277. The molecule has 3 aliphatic rings. The lowest BCUT2D eigenvalue weighted by Crippen LogP contribution is -2.44. The fourth-order valence-electron chi connectivity index (χ4n) is 5.02. The van der Waals surface area contributed by atoms with Crippen LogP contribution in [-0.4, -0.2) is 33.9 Å². The van der Waals surface area contributed by atoms with Crippen LogP contribution in [-0.2, 0) is 5.60 Å².